The highest BCUT2D eigenvalue weighted by molar-refractivity contribution is 7.19. The Balaban J connectivity index is 1.53. The highest BCUT2D eigenvalue weighted by atomic mass is 32.1. The summed E-state index contributed by atoms with van der Waals surface area (Å²) in [4.78, 5) is 1.49. The van der Waals surface area contributed by atoms with Crippen LogP contribution in [0.5, 0.6) is 5.75 Å². The number of ether oxygens (including phenoxy) is 1. The second-order valence-electron chi connectivity index (χ2n) is 7.15. The molecule has 0 spiro atoms. The van der Waals surface area contributed by atoms with Crippen LogP contribution in [-0.4, -0.2) is 6.61 Å². The molecule has 1 aromatic carbocycles. The molecule has 1 fully saturated rings. The van der Waals surface area contributed by atoms with Gasteiger partial charge in [0.05, 0.1) is 6.61 Å². The number of thiophene rings is 1. The van der Waals surface area contributed by atoms with E-state index in [2.05, 4.69) is 38.1 Å². The number of fused-ring (bicyclic) bond motifs is 1. The summed E-state index contributed by atoms with van der Waals surface area (Å²) >= 11 is 1.92. The molecule has 1 aliphatic carbocycles. The third-order valence-corrected chi connectivity index (χ3v) is 6.35. The third kappa shape index (κ3) is 4.50. The molecule has 0 N–H and O–H groups in total. The Morgan fingerprint density at radius 1 is 1.00 bits per heavy atom. The standard InChI is InChI=1S/C21H30OS/c1-3-5-16-7-9-17(10-8-16)15-22-19-12-11-18-13-20(6-4-2)23-21(18)14-19/h11-14,16-17H,3-10,15H2,1-2H3. The van der Waals surface area contributed by atoms with Gasteiger partial charge in [0.25, 0.3) is 0 Å². The molecule has 0 aliphatic heterocycles. The van der Waals surface area contributed by atoms with E-state index >= 15 is 0 Å². The highest BCUT2D eigenvalue weighted by Crippen LogP contribution is 2.33. The largest absolute Gasteiger partial charge is 0.493 e. The molecule has 0 bridgehead atoms. The van der Waals surface area contributed by atoms with Crippen LogP contribution in [0.2, 0.25) is 0 Å². The fraction of sp³-hybridized carbons (Fsp3) is 0.619. The van der Waals surface area contributed by atoms with Gasteiger partial charge < -0.3 is 4.74 Å². The second-order valence-corrected chi connectivity index (χ2v) is 8.32. The molecule has 0 radical (unpaired) electrons. The molecule has 3 rings (SSSR count). The first-order valence-electron chi connectivity index (χ1n) is 9.43. The van der Waals surface area contributed by atoms with Crippen molar-refractivity contribution in [3.05, 3.63) is 29.1 Å². The van der Waals surface area contributed by atoms with Crippen molar-refractivity contribution in [1.29, 1.82) is 0 Å². The molecule has 1 saturated carbocycles. The van der Waals surface area contributed by atoms with Gasteiger partial charge in [0.1, 0.15) is 5.75 Å². The number of benzene rings is 1. The van der Waals surface area contributed by atoms with E-state index in [-0.39, 0.29) is 0 Å². The number of hydrogen-bond acceptors (Lipinski definition) is 2. The minimum absolute atomic E-state index is 0.762. The van der Waals surface area contributed by atoms with Gasteiger partial charge in [-0.25, -0.2) is 0 Å². The number of hydrogen-bond donors (Lipinski definition) is 0. The van der Waals surface area contributed by atoms with E-state index in [9.17, 15) is 0 Å². The van der Waals surface area contributed by atoms with Crippen molar-refractivity contribution in [1.82, 2.24) is 0 Å². The zero-order valence-corrected chi connectivity index (χ0v) is 15.5. The molecule has 0 atom stereocenters. The molecule has 23 heavy (non-hydrogen) atoms. The van der Waals surface area contributed by atoms with Crippen LogP contribution in [0.4, 0.5) is 0 Å². The van der Waals surface area contributed by atoms with E-state index in [1.165, 1.54) is 66.3 Å². The van der Waals surface area contributed by atoms with Crippen molar-refractivity contribution in [2.24, 2.45) is 11.8 Å². The summed E-state index contributed by atoms with van der Waals surface area (Å²) in [6, 6.07) is 8.94. The van der Waals surface area contributed by atoms with Crippen LogP contribution in [-0.2, 0) is 6.42 Å². The van der Waals surface area contributed by atoms with Crippen LogP contribution in [0.3, 0.4) is 0 Å². The summed E-state index contributed by atoms with van der Waals surface area (Å²) in [5.74, 6) is 2.80. The zero-order chi connectivity index (χ0) is 16.1. The van der Waals surface area contributed by atoms with Crippen molar-refractivity contribution in [3.8, 4) is 5.75 Å². The van der Waals surface area contributed by atoms with Gasteiger partial charge in [0.2, 0.25) is 0 Å². The summed E-state index contributed by atoms with van der Waals surface area (Å²) < 4.78 is 7.50. The van der Waals surface area contributed by atoms with Gasteiger partial charge in [-0.1, -0.05) is 46.0 Å². The van der Waals surface area contributed by atoms with Crippen LogP contribution in [0.15, 0.2) is 24.3 Å². The van der Waals surface area contributed by atoms with Gasteiger partial charge in [-0.2, -0.15) is 0 Å². The maximum Gasteiger partial charge on any atom is 0.120 e. The summed E-state index contributed by atoms with van der Waals surface area (Å²) in [6.45, 7) is 5.45. The molecule has 1 aliphatic rings. The zero-order valence-electron chi connectivity index (χ0n) is 14.6. The molecule has 2 heteroatoms. The van der Waals surface area contributed by atoms with Crippen LogP contribution in [0.1, 0.15) is 63.7 Å². The van der Waals surface area contributed by atoms with E-state index in [1.54, 1.807) is 0 Å². The summed E-state index contributed by atoms with van der Waals surface area (Å²) in [7, 11) is 0. The van der Waals surface area contributed by atoms with Gasteiger partial charge in [-0.3, -0.25) is 0 Å². The molecule has 0 saturated heterocycles. The lowest BCUT2D eigenvalue weighted by atomic mass is 9.80. The molecule has 0 unspecified atom stereocenters. The Bertz CT molecular complexity index is 607. The first-order chi connectivity index (χ1) is 11.3. The monoisotopic (exact) mass is 330 g/mol. The fourth-order valence-electron chi connectivity index (χ4n) is 3.83. The van der Waals surface area contributed by atoms with Gasteiger partial charge in [-0.05, 0) is 60.7 Å². The first kappa shape index (κ1) is 16.8. The van der Waals surface area contributed by atoms with Crippen molar-refractivity contribution >= 4 is 21.4 Å². The molecule has 126 valence electrons. The Morgan fingerprint density at radius 3 is 2.52 bits per heavy atom. The smallest absolute Gasteiger partial charge is 0.120 e. The third-order valence-electron chi connectivity index (χ3n) is 5.19. The summed E-state index contributed by atoms with van der Waals surface area (Å²) in [5, 5.41) is 1.37. The highest BCUT2D eigenvalue weighted by Gasteiger charge is 2.21. The second kappa shape index (κ2) is 8.19. The minimum atomic E-state index is 0.762. The number of rotatable bonds is 7. The number of aryl methyl sites for hydroxylation is 1. The van der Waals surface area contributed by atoms with Gasteiger partial charge >= 0.3 is 0 Å². The van der Waals surface area contributed by atoms with Crippen LogP contribution < -0.4 is 4.74 Å². The van der Waals surface area contributed by atoms with Crippen molar-refractivity contribution < 1.29 is 4.74 Å². The lowest BCUT2D eigenvalue weighted by Gasteiger charge is -2.28. The predicted molar refractivity (Wildman–Crippen MR) is 102 cm³/mol. The average molecular weight is 331 g/mol. The van der Waals surface area contributed by atoms with Crippen molar-refractivity contribution in [2.45, 2.75) is 65.2 Å². The van der Waals surface area contributed by atoms with Gasteiger partial charge in [0.15, 0.2) is 0 Å². The first-order valence-corrected chi connectivity index (χ1v) is 10.3. The van der Waals surface area contributed by atoms with E-state index in [1.807, 2.05) is 11.3 Å². The van der Waals surface area contributed by atoms with E-state index in [0.29, 0.717) is 0 Å². The lowest BCUT2D eigenvalue weighted by molar-refractivity contribution is 0.179. The van der Waals surface area contributed by atoms with Crippen molar-refractivity contribution in [3.63, 3.8) is 0 Å². The van der Waals surface area contributed by atoms with Gasteiger partial charge in [-0.15, -0.1) is 11.3 Å². The van der Waals surface area contributed by atoms with Crippen LogP contribution in [0.25, 0.3) is 10.1 Å². The molecule has 1 heterocycles. The Morgan fingerprint density at radius 2 is 1.78 bits per heavy atom. The maximum absolute atomic E-state index is 6.12. The Labute approximate surface area is 145 Å². The van der Waals surface area contributed by atoms with Gasteiger partial charge in [0, 0.05) is 9.58 Å². The minimum Gasteiger partial charge on any atom is -0.493 e. The average Bonchev–Trinajstić information content (AvgIpc) is 2.96. The molecular weight excluding hydrogens is 300 g/mol. The van der Waals surface area contributed by atoms with E-state index < -0.39 is 0 Å². The van der Waals surface area contributed by atoms with Crippen LogP contribution >= 0.6 is 11.3 Å². The lowest BCUT2D eigenvalue weighted by Crippen LogP contribution is -2.20. The summed E-state index contributed by atoms with van der Waals surface area (Å²) in [6.07, 6.45) is 10.7. The topological polar surface area (TPSA) is 9.23 Å². The Kier molecular flexibility index (Phi) is 5.99. The fourth-order valence-corrected chi connectivity index (χ4v) is 5.03. The molecule has 1 aromatic heterocycles. The van der Waals surface area contributed by atoms with E-state index in [4.69, 9.17) is 4.74 Å². The molecular formula is C21H30OS. The van der Waals surface area contributed by atoms with Crippen LogP contribution in [0, 0.1) is 11.8 Å². The predicted octanol–water partition coefficient (Wildman–Crippen LogP) is 6.84. The van der Waals surface area contributed by atoms with E-state index in [0.717, 1.165) is 24.2 Å². The summed E-state index contributed by atoms with van der Waals surface area (Å²) in [5.41, 5.74) is 0. The van der Waals surface area contributed by atoms with Crippen molar-refractivity contribution in [2.75, 3.05) is 6.61 Å². The quantitative estimate of drug-likeness (QED) is 0.540. The Hall–Kier alpha value is -1.02. The SMILES string of the molecule is CCCc1cc2ccc(OCC3CCC(CCC)CC3)cc2s1. The normalized spacial score (nSPS) is 21.7. The molecule has 2 aromatic rings. The maximum atomic E-state index is 6.12. The molecule has 0 amide bonds. The molecule has 1 nitrogen and oxygen atoms in total.